The number of carbonyl (C=O) groups excluding carboxylic acids is 2. The number of methoxy groups -OCH3 is 2. The number of benzene rings is 2. The maximum absolute atomic E-state index is 13.6. The summed E-state index contributed by atoms with van der Waals surface area (Å²) in [6.07, 6.45) is 0.129. The Morgan fingerprint density at radius 2 is 1.84 bits per heavy atom. The van der Waals surface area contributed by atoms with Crippen LogP contribution >= 0.6 is 11.8 Å². The van der Waals surface area contributed by atoms with Gasteiger partial charge < -0.3 is 24.4 Å². The van der Waals surface area contributed by atoms with Gasteiger partial charge in [-0.1, -0.05) is 54.2 Å². The quantitative estimate of drug-likeness (QED) is 0.470. The summed E-state index contributed by atoms with van der Waals surface area (Å²) < 4.78 is 16.9. The largest absolute Gasteiger partial charge is 0.493 e. The number of carbonyl (C=O) groups is 2. The molecule has 0 saturated carbocycles. The molecule has 4 rings (SSSR count). The molecular formula is C28H31N3O5S. The van der Waals surface area contributed by atoms with Crippen LogP contribution < -0.4 is 14.8 Å². The molecule has 8 nitrogen and oxygen atoms in total. The highest BCUT2D eigenvalue weighted by Gasteiger charge is 2.43. The second kappa shape index (κ2) is 11.6. The first-order valence-corrected chi connectivity index (χ1v) is 13.0. The average Bonchev–Trinajstić information content (AvgIpc) is 3.29. The van der Waals surface area contributed by atoms with Crippen LogP contribution in [0.5, 0.6) is 11.5 Å². The van der Waals surface area contributed by atoms with Gasteiger partial charge in [0.25, 0.3) is 0 Å². The molecule has 194 valence electrons. The van der Waals surface area contributed by atoms with Crippen molar-refractivity contribution in [3.05, 3.63) is 76.3 Å². The van der Waals surface area contributed by atoms with E-state index in [1.807, 2.05) is 66.6 Å². The maximum Gasteiger partial charge on any atom is 0.338 e. The third-order valence-electron chi connectivity index (χ3n) is 5.87. The third kappa shape index (κ3) is 5.36. The minimum Gasteiger partial charge on any atom is -0.493 e. The number of amidine groups is 1. The zero-order valence-electron chi connectivity index (χ0n) is 21.6. The molecule has 1 amide bonds. The Balaban J connectivity index is 1.95. The molecule has 0 aliphatic carbocycles. The highest BCUT2D eigenvalue weighted by atomic mass is 32.2. The maximum atomic E-state index is 13.6. The van der Waals surface area contributed by atoms with Crippen LogP contribution in [0.15, 0.2) is 70.2 Å². The molecule has 2 aliphatic heterocycles. The van der Waals surface area contributed by atoms with Gasteiger partial charge in [-0.25, -0.2) is 9.79 Å². The van der Waals surface area contributed by atoms with Crippen LogP contribution in [0.25, 0.3) is 5.70 Å². The minimum atomic E-state index is -0.667. The minimum absolute atomic E-state index is 0.00518. The van der Waals surface area contributed by atoms with Crippen LogP contribution in [0.2, 0.25) is 0 Å². The van der Waals surface area contributed by atoms with E-state index in [1.54, 1.807) is 27.2 Å². The molecule has 2 aliphatic rings. The van der Waals surface area contributed by atoms with Gasteiger partial charge in [0, 0.05) is 22.9 Å². The fourth-order valence-electron chi connectivity index (χ4n) is 4.45. The van der Waals surface area contributed by atoms with Crippen LogP contribution in [-0.2, 0) is 14.3 Å². The van der Waals surface area contributed by atoms with E-state index in [1.165, 1.54) is 11.8 Å². The van der Waals surface area contributed by atoms with Crippen molar-refractivity contribution in [1.29, 1.82) is 0 Å². The van der Waals surface area contributed by atoms with Crippen LogP contribution in [-0.4, -0.2) is 48.8 Å². The standard InChI is InChI=1S/C28H31N3O5S/c1-6-36-27(33)23-24(18-11-8-7-9-12-18)30-28-31(19(16-37-28)15-22(32)29-17(2)3)25(23)20-13-10-14-21(34-4)26(20)35-5/h7-14,16-17,25H,6,15H2,1-5H3,(H,29,32)/t25-/m1/s1. The molecule has 0 aromatic heterocycles. The van der Waals surface area contributed by atoms with E-state index in [4.69, 9.17) is 19.2 Å². The van der Waals surface area contributed by atoms with E-state index < -0.39 is 12.0 Å². The number of para-hydroxylation sites is 1. The predicted molar refractivity (Wildman–Crippen MR) is 145 cm³/mol. The fourth-order valence-corrected chi connectivity index (χ4v) is 5.37. The highest BCUT2D eigenvalue weighted by molar-refractivity contribution is 8.16. The lowest BCUT2D eigenvalue weighted by Gasteiger charge is -2.37. The van der Waals surface area contributed by atoms with Gasteiger partial charge in [-0.05, 0) is 32.2 Å². The summed E-state index contributed by atoms with van der Waals surface area (Å²) in [6, 6.07) is 14.4. The molecule has 0 bridgehead atoms. The van der Waals surface area contributed by atoms with Crippen molar-refractivity contribution in [3.63, 3.8) is 0 Å². The second-order valence-electron chi connectivity index (χ2n) is 8.72. The fraction of sp³-hybridized carbons (Fsp3) is 0.321. The lowest BCUT2D eigenvalue weighted by Crippen LogP contribution is -2.39. The Kier molecular flexibility index (Phi) is 8.23. The van der Waals surface area contributed by atoms with Gasteiger partial charge in [-0.3, -0.25) is 4.79 Å². The van der Waals surface area contributed by atoms with Crippen molar-refractivity contribution in [3.8, 4) is 11.5 Å². The molecule has 0 fully saturated rings. The first-order chi connectivity index (χ1) is 17.9. The van der Waals surface area contributed by atoms with Crippen molar-refractivity contribution < 1.29 is 23.8 Å². The van der Waals surface area contributed by atoms with Crippen molar-refractivity contribution in [2.45, 2.75) is 39.3 Å². The van der Waals surface area contributed by atoms with Crippen LogP contribution in [0, 0.1) is 0 Å². The van der Waals surface area contributed by atoms with E-state index >= 15 is 0 Å². The number of aliphatic imine (C=N–C) groups is 1. The number of nitrogens with zero attached hydrogens (tertiary/aromatic N) is 2. The van der Waals surface area contributed by atoms with Crippen LogP contribution in [0.3, 0.4) is 0 Å². The zero-order chi connectivity index (χ0) is 26.5. The predicted octanol–water partition coefficient (Wildman–Crippen LogP) is 4.89. The van der Waals surface area contributed by atoms with Crippen LogP contribution in [0.1, 0.15) is 44.4 Å². The van der Waals surface area contributed by atoms with Crippen molar-refractivity contribution in [1.82, 2.24) is 10.2 Å². The van der Waals surface area contributed by atoms with Gasteiger partial charge in [-0.15, -0.1) is 0 Å². The zero-order valence-corrected chi connectivity index (χ0v) is 22.4. The molecule has 1 N–H and O–H groups in total. The molecule has 0 spiro atoms. The number of amides is 1. The van der Waals surface area contributed by atoms with E-state index in [9.17, 15) is 9.59 Å². The van der Waals surface area contributed by atoms with Crippen molar-refractivity contribution in [2.24, 2.45) is 4.99 Å². The normalized spacial score (nSPS) is 16.7. The van der Waals surface area contributed by atoms with Gasteiger partial charge in [0.15, 0.2) is 16.7 Å². The lowest BCUT2D eigenvalue weighted by molar-refractivity contribution is -0.139. The van der Waals surface area contributed by atoms with Gasteiger partial charge >= 0.3 is 5.97 Å². The molecule has 37 heavy (non-hydrogen) atoms. The van der Waals surface area contributed by atoms with Gasteiger partial charge in [0.2, 0.25) is 5.91 Å². The SMILES string of the molecule is CCOC(=O)C1=C(c2ccccc2)N=C2SC=C(CC(=O)NC(C)C)N2[C@@H]1c1cccc(OC)c1OC. The van der Waals surface area contributed by atoms with Crippen molar-refractivity contribution >= 4 is 34.5 Å². The number of esters is 1. The monoisotopic (exact) mass is 521 g/mol. The van der Waals surface area contributed by atoms with E-state index in [0.717, 1.165) is 11.3 Å². The Morgan fingerprint density at radius 3 is 2.49 bits per heavy atom. The summed E-state index contributed by atoms with van der Waals surface area (Å²) >= 11 is 1.42. The van der Waals surface area contributed by atoms with E-state index in [-0.39, 0.29) is 25.0 Å². The summed E-state index contributed by atoms with van der Waals surface area (Å²) in [5.41, 5.74) is 3.10. The third-order valence-corrected chi connectivity index (χ3v) is 6.76. The van der Waals surface area contributed by atoms with E-state index in [0.29, 0.717) is 33.5 Å². The summed E-state index contributed by atoms with van der Waals surface area (Å²) in [6.45, 7) is 5.81. The van der Waals surface area contributed by atoms with Crippen LogP contribution in [0.4, 0.5) is 0 Å². The molecular weight excluding hydrogens is 490 g/mol. The number of thioether (sulfide) groups is 1. The first-order valence-electron chi connectivity index (χ1n) is 12.1. The first kappa shape index (κ1) is 26.3. The Morgan fingerprint density at radius 1 is 1.08 bits per heavy atom. The summed E-state index contributed by atoms with van der Waals surface area (Å²) in [7, 11) is 3.14. The van der Waals surface area contributed by atoms with Gasteiger partial charge in [-0.2, -0.15) is 0 Å². The smallest absolute Gasteiger partial charge is 0.338 e. The number of hydrogen-bond donors (Lipinski definition) is 1. The molecule has 0 unspecified atom stereocenters. The lowest BCUT2D eigenvalue weighted by atomic mass is 9.90. The Labute approximate surface area is 221 Å². The topological polar surface area (TPSA) is 89.5 Å². The molecule has 0 saturated heterocycles. The molecule has 2 heterocycles. The molecule has 1 atom stereocenters. The van der Waals surface area contributed by atoms with Gasteiger partial charge in [0.1, 0.15) is 0 Å². The average molecular weight is 522 g/mol. The molecule has 0 radical (unpaired) electrons. The number of ether oxygens (including phenoxy) is 3. The molecule has 2 aromatic rings. The molecule has 2 aromatic carbocycles. The second-order valence-corrected chi connectivity index (χ2v) is 9.56. The highest BCUT2D eigenvalue weighted by Crippen LogP contribution is 2.50. The number of hydrogen-bond acceptors (Lipinski definition) is 8. The summed E-state index contributed by atoms with van der Waals surface area (Å²) in [4.78, 5) is 33.3. The Bertz CT molecular complexity index is 1270. The van der Waals surface area contributed by atoms with Gasteiger partial charge in [0.05, 0.1) is 44.6 Å². The number of fused-ring (bicyclic) bond motifs is 1. The summed E-state index contributed by atoms with van der Waals surface area (Å²) in [5.74, 6) is 0.425. The summed E-state index contributed by atoms with van der Waals surface area (Å²) in [5, 5.41) is 5.52. The van der Waals surface area contributed by atoms with Crippen molar-refractivity contribution in [2.75, 3.05) is 20.8 Å². The Hall–Kier alpha value is -3.72. The molecule has 9 heteroatoms. The number of rotatable bonds is 9. The number of nitrogens with one attached hydrogen (secondary N) is 1. The van der Waals surface area contributed by atoms with E-state index in [2.05, 4.69) is 5.32 Å².